The summed E-state index contributed by atoms with van der Waals surface area (Å²) in [6, 6.07) is 14.9. The number of benzene rings is 2. The maximum atomic E-state index is 13.2. The number of hydrogen-bond donors (Lipinski definition) is 3. The molecular formula is C31H41N7O5. The summed E-state index contributed by atoms with van der Waals surface area (Å²) < 4.78 is 12.9. The third-order valence-corrected chi connectivity index (χ3v) is 7.04. The Morgan fingerprint density at radius 2 is 1.88 bits per heavy atom. The number of unbranched alkanes of at least 4 members (excludes halogenated alkanes) is 1. The van der Waals surface area contributed by atoms with E-state index >= 15 is 0 Å². The number of carbonyl (C=O) groups excluding carboxylic acids is 1. The summed E-state index contributed by atoms with van der Waals surface area (Å²) in [4.78, 5) is 37.3. The SMILES string of the molecule is COCCc1nc2c(N)nc3ccccc3c2n1CCCCN(Cc1cccc(OCC(=O)O)c1)C(=O)NCCN(C)C. The highest BCUT2D eigenvalue weighted by atomic mass is 16.5. The molecule has 0 fully saturated rings. The van der Waals surface area contributed by atoms with Crippen molar-refractivity contribution in [1.29, 1.82) is 0 Å². The van der Waals surface area contributed by atoms with E-state index in [1.54, 1.807) is 30.2 Å². The lowest BCUT2D eigenvalue weighted by molar-refractivity contribution is -0.139. The van der Waals surface area contributed by atoms with E-state index in [9.17, 15) is 9.59 Å². The normalized spacial score (nSPS) is 11.3. The maximum absolute atomic E-state index is 13.2. The van der Waals surface area contributed by atoms with Crippen molar-refractivity contribution in [3.05, 3.63) is 59.9 Å². The van der Waals surface area contributed by atoms with E-state index in [0.29, 0.717) is 56.3 Å². The van der Waals surface area contributed by atoms with E-state index in [1.807, 2.05) is 49.3 Å². The number of para-hydroxylation sites is 1. The summed E-state index contributed by atoms with van der Waals surface area (Å²) in [5, 5.41) is 13.0. The van der Waals surface area contributed by atoms with Crippen LogP contribution in [0.1, 0.15) is 24.2 Å². The van der Waals surface area contributed by atoms with Crippen molar-refractivity contribution in [2.45, 2.75) is 32.4 Å². The van der Waals surface area contributed by atoms with E-state index in [-0.39, 0.29) is 6.03 Å². The predicted molar refractivity (Wildman–Crippen MR) is 166 cm³/mol. The minimum absolute atomic E-state index is 0.155. The number of aromatic nitrogens is 3. The maximum Gasteiger partial charge on any atom is 0.341 e. The van der Waals surface area contributed by atoms with Crippen LogP contribution in [-0.4, -0.2) is 95.5 Å². The summed E-state index contributed by atoms with van der Waals surface area (Å²) in [5.41, 5.74) is 9.65. The van der Waals surface area contributed by atoms with Gasteiger partial charge in [0.05, 0.1) is 17.6 Å². The molecule has 0 unspecified atom stereocenters. The number of hydrogen-bond acceptors (Lipinski definition) is 8. The van der Waals surface area contributed by atoms with E-state index < -0.39 is 12.6 Å². The van der Waals surface area contributed by atoms with Gasteiger partial charge in [-0.2, -0.15) is 0 Å². The van der Waals surface area contributed by atoms with Gasteiger partial charge < -0.3 is 40.0 Å². The lowest BCUT2D eigenvalue weighted by atomic mass is 10.1. The number of nitrogen functional groups attached to an aromatic ring is 1. The fourth-order valence-electron chi connectivity index (χ4n) is 4.95. The Bertz CT molecular complexity index is 1540. The second-order valence-corrected chi connectivity index (χ2v) is 10.6. The van der Waals surface area contributed by atoms with Crippen molar-refractivity contribution in [3.8, 4) is 5.75 Å². The highest BCUT2D eigenvalue weighted by molar-refractivity contribution is 6.06. The van der Waals surface area contributed by atoms with Crippen LogP contribution in [0.5, 0.6) is 5.75 Å². The van der Waals surface area contributed by atoms with Crippen LogP contribution in [0.2, 0.25) is 0 Å². The topological polar surface area (TPSA) is 148 Å². The first-order valence-electron chi connectivity index (χ1n) is 14.4. The molecule has 2 amide bonds. The van der Waals surface area contributed by atoms with Crippen molar-refractivity contribution in [2.24, 2.45) is 0 Å². The zero-order valence-electron chi connectivity index (χ0n) is 25.1. The number of likely N-dealkylation sites (N-methyl/N-ethyl adjacent to an activating group) is 1. The number of imidazole rings is 1. The number of aliphatic carboxylic acids is 1. The molecule has 0 aliphatic heterocycles. The molecule has 43 heavy (non-hydrogen) atoms. The molecule has 0 radical (unpaired) electrons. The monoisotopic (exact) mass is 591 g/mol. The second-order valence-electron chi connectivity index (χ2n) is 10.6. The Labute approximate surface area is 251 Å². The predicted octanol–water partition coefficient (Wildman–Crippen LogP) is 3.37. The molecule has 4 N–H and O–H groups in total. The van der Waals surface area contributed by atoms with Crippen molar-refractivity contribution in [3.63, 3.8) is 0 Å². The van der Waals surface area contributed by atoms with Gasteiger partial charge >= 0.3 is 12.0 Å². The third kappa shape index (κ3) is 8.55. The van der Waals surface area contributed by atoms with Gasteiger partial charge in [0, 0.05) is 51.6 Å². The zero-order chi connectivity index (χ0) is 30.8. The van der Waals surface area contributed by atoms with Crippen molar-refractivity contribution in [2.75, 3.05) is 59.8 Å². The molecule has 4 aromatic rings. The smallest absolute Gasteiger partial charge is 0.341 e. The Morgan fingerprint density at radius 1 is 1.07 bits per heavy atom. The minimum atomic E-state index is -1.05. The van der Waals surface area contributed by atoms with Gasteiger partial charge in [-0.15, -0.1) is 0 Å². The number of amides is 2. The number of nitrogens with zero attached hydrogens (tertiary/aromatic N) is 5. The number of nitrogens with one attached hydrogen (secondary N) is 1. The fourth-order valence-corrected chi connectivity index (χ4v) is 4.95. The largest absolute Gasteiger partial charge is 0.482 e. The number of rotatable bonds is 16. The molecule has 0 atom stereocenters. The molecule has 2 heterocycles. The molecule has 2 aromatic heterocycles. The first-order chi connectivity index (χ1) is 20.8. The lowest BCUT2D eigenvalue weighted by Crippen LogP contribution is -2.42. The van der Waals surface area contributed by atoms with Crippen LogP contribution in [0.4, 0.5) is 10.6 Å². The van der Waals surface area contributed by atoms with Crippen LogP contribution in [0.25, 0.3) is 21.9 Å². The fraction of sp³-hybridized carbons (Fsp3) is 0.419. The Kier molecular flexibility index (Phi) is 11.1. The number of nitrogens with two attached hydrogens (primary N) is 1. The van der Waals surface area contributed by atoms with Gasteiger partial charge in [0.15, 0.2) is 12.4 Å². The molecule has 0 aliphatic carbocycles. The van der Waals surface area contributed by atoms with Gasteiger partial charge in [-0.05, 0) is 50.7 Å². The van der Waals surface area contributed by atoms with Crippen molar-refractivity contribution >= 4 is 39.8 Å². The summed E-state index contributed by atoms with van der Waals surface area (Å²) >= 11 is 0. The lowest BCUT2D eigenvalue weighted by Gasteiger charge is -2.24. The average molecular weight is 592 g/mol. The number of anilines is 1. The highest BCUT2D eigenvalue weighted by Gasteiger charge is 2.18. The minimum Gasteiger partial charge on any atom is -0.482 e. The van der Waals surface area contributed by atoms with Gasteiger partial charge in [-0.3, -0.25) is 0 Å². The van der Waals surface area contributed by atoms with E-state index in [2.05, 4.69) is 14.9 Å². The van der Waals surface area contributed by atoms with Crippen LogP contribution in [0, 0.1) is 0 Å². The number of urea groups is 1. The molecule has 0 saturated heterocycles. The van der Waals surface area contributed by atoms with Crippen LogP contribution >= 0.6 is 0 Å². The molecule has 4 rings (SSSR count). The van der Waals surface area contributed by atoms with Gasteiger partial charge in [0.1, 0.15) is 17.1 Å². The third-order valence-electron chi connectivity index (χ3n) is 7.04. The van der Waals surface area contributed by atoms with Crippen LogP contribution in [0.3, 0.4) is 0 Å². The summed E-state index contributed by atoms with van der Waals surface area (Å²) in [6.45, 7) is 2.93. The second kappa shape index (κ2) is 15.2. The number of aryl methyl sites for hydroxylation is 1. The molecule has 230 valence electrons. The average Bonchev–Trinajstić information content (AvgIpc) is 3.35. The first kappa shape index (κ1) is 31.5. The van der Waals surface area contributed by atoms with Gasteiger partial charge in [-0.25, -0.2) is 19.6 Å². The molecule has 0 bridgehead atoms. The Balaban J connectivity index is 1.50. The Hall–Kier alpha value is -4.42. The molecule has 12 heteroatoms. The standard InChI is InChI=1S/C31H41N7O5/c1-36(2)17-14-33-31(41)37(20-22-9-8-10-23(19-22)43-21-27(39)40)15-6-7-16-38-26(13-18-42-3)35-28-29(38)24-11-4-5-12-25(24)34-30(28)32/h4-5,8-12,19H,6-7,13-18,20-21H2,1-3H3,(H2,32,34)(H,33,41)(H,39,40). The van der Waals surface area contributed by atoms with E-state index in [1.165, 1.54) is 0 Å². The number of carboxylic acids is 1. The molecule has 0 spiro atoms. The Morgan fingerprint density at radius 3 is 2.65 bits per heavy atom. The summed E-state index contributed by atoms with van der Waals surface area (Å²) in [6.07, 6.45) is 2.18. The quantitative estimate of drug-likeness (QED) is 0.167. The summed E-state index contributed by atoms with van der Waals surface area (Å²) in [7, 11) is 5.59. The number of carboxylic acid groups (broad SMARTS) is 1. The van der Waals surface area contributed by atoms with Crippen LogP contribution in [0.15, 0.2) is 48.5 Å². The van der Waals surface area contributed by atoms with Crippen molar-refractivity contribution in [1.82, 2.24) is 29.7 Å². The first-order valence-corrected chi connectivity index (χ1v) is 14.4. The van der Waals surface area contributed by atoms with Crippen molar-refractivity contribution < 1.29 is 24.2 Å². The van der Waals surface area contributed by atoms with Gasteiger partial charge in [0.2, 0.25) is 0 Å². The van der Waals surface area contributed by atoms with E-state index in [0.717, 1.165) is 47.2 Å². The molecule has 0 saturated carbocycles. The molecule has 12 nitrogen and oxygen atoms in total. The molecule has 2 aromatic carbocycles. The van der Waals surface area contributed by atoms with Gasteiger partial charge in [-0.1, -0.05) is 30.3 Å². The van der Waals surface area contributed by atoms with Crippen LogP contribution < -0.4 is 15.8 Å². The number of pyridine rings is 1. The van der Waals surface area contributed by atoms with E-state index in [4.69, 9.17) is 25.3 Å². The highest BCUT2D eigenvalue weighted by Crippen LogP contribution is 2.29. The molecular weight excluding hydrogens is 550 g/mol. The van der Waals surface area contributed by atoms with Gasteiger partial charge in [0.25, 0.3) is 0 Å². The number of fused-ring (bicyclic) bond motifs is 3. The zero-order valence-corrected chi connectivity index (χ0v) is 25.1. The summed E-state index contributed by atoms with van der Waals surface area (Å²) in [5.74, 6) is 0.694. The molecule has 0 aliphatic rings. The van der Waals surface area contributed by atoms with Crippen LogP contribution in [-0.2, 0) is 29.0 Å². The number of methoxy groups -OCH3 is 1. The number of carbonyl (C=O) groups is 2. The number of ether oxygens (including phenoxy) is 2.